The van der Waals surface area contributed by atoms with Crippen molar-refractivity contribution in [2.24, 2.45) is 0 Å². The number of halogens is 1. The minimum atomic E-state index is -0.177. The number of rotatable bonds is 3. The van der Waals surface area contributed by atoms with Crippen LogP contribution in [0.5, 0.6) is 0 Å². The van der Waals surface area contributed by atoms with E-state index in [2.05, 4.69) is 37.6 Å². The summed E-state index contributed by atoms with van der Waals surface area (Å²) in [5.74, 6) is 0.565. The van der Waals surface area contributed by atoms with Crippen LogP contribution in [-0.2, 0) is 13.1 Å². The fourth-order valence-corrected chi connectivity index (χ4v) is 4.02. The summed E-state index contributed by atoms with van der Waals surface area (Å²) in [6.07, 6.45) is 0. The summed E-state index contributed by atoms with van der Waals surface area (Å²) in [7, 11) is 0. The normalized spacial score (nSPS) is 12.9. The van der Waals surface area contributed by atoms with Crippen molar-refractivity contribution in [2.75, 3.05) is 5.32 Å². The number of carbonyl (C=O) groups is 1. The number of H-pyrrole nitrogens is 1. The third-order valence-electron chi connectivity index (χ3n) is 4.94. The highest BCUT2D eigenvalue weighted by molar-refractivity contribution is 9.10. The maximum absolute atomic E-state index is 13.0. The predicted molar refractivity (Wildman–Crippen MR) is 114 cm³/mol. The summed E-state index contributed by atoms with van der Waals surface area (Å²) in [6.45, 7) is 1.71. The summed E-state index contributed by atoms with van der Waals surface area (Å²) in [5.41, 5.74) is 6.28. The molecule has 3 N–H and O–H groups in total. The van der Waals surface area contributed by atoms with Gasteiger partial charge in [0.15, 0.2) is 0 Å². The molecule has 2 heterocycles. The summed E-state index contributed by atoms with van der Waals surface area (Å²) in [4.78, 5) is 21.0. The third-order valence-corrected chi connectivity index (χ3v) is 5.40. The van der Waals surface area contributed by atoms with E-state index in [0.29, 0.717) is 11.1 Å². The first-order chi connectivity index (χ1) is 13.7. The van der Waals surface area contributed by atoms with Crippen molar-refractivity contribution in [2.45, 2.75) is 13.1 Å². The van der Waals surface area contributed by atoms with Gasteiger partial charge in [0, 0.05) is 28.8 Å². The molecule has 5 nitrogen and oxygen atoms in total. The van der Waals surface area contributed by atoms with Crippen molar-refractivity contribution in [3.63, 3.8) is 0 Å². The number of aromatic amines is 1. The third kappa shape index (κ3) is 3.10. The Morgan fingerprint density at radius 2 is 1.82 bits per heavy atom. The van der Waals surface area contributed by atoms with E-state index in [1.54, 1.807) is 0 Å². The van der Waals surface area contributed by atoms with Crippen molar-refractivity contribution >= 4 is 38.6 Å². The number of anilines is 1. The van der Waals surface area contributed by atoms with E-state index in [1.807, 2.05) is 54.6 Å². The van der Waals surface area contributed by atoms with E-state index in [9.17, 15) is 4.79 Å². The van der Waals surface area contributed by atoms with Crippen molar-refractivity contribution in [1.29, 1.82) is 0 Å². The zero-order valence-electron chi connectivity index (χ0n) is 14.9. The Labute approximate surface area is 170 Å². The van der Waals surface area contributed by atoms with Crippen LogP contribution in [0.3, 0.4) is 0 Å². The lowest BCUT2D eigenvalue weighted by Crippen LogP contribution is -2.13. The number of benzene rings is 3. The maximum atomic E-state index is 13.0. The highest BCUT2D eigenvalue weighted by Crippen LogP contribution is 2.27. The summed E-state index contributed by atoms with van der Waals surface area (Å²) < 4.78 is 0.826. The fraction of sp³-hybridized carbons (Fsp3) is 0.0909. The number of nitrogens with zero attached hydrogens (tertiary/aromatic N) is 1. The number of hydrogen-bond donors (Lipinski definition) is 3. The van der Waals surface area contributed by atoms with Gasteiger partial charge in [-0.15, -0.1) is 0 Å². The van der Waals surface area contributed by atoms with Crippen LogP contribution in [0, 0.1) is 0 Å². The minimum absolute atomic E-state index is 0.177. The highest BCUT2D eigenvalue weighted by atomic mass is 79.9. The number of carbonyl (C=O) groups excluding carboxylic acids is 1. The Kier molecular flexibility index (Phi) is 4.22. The molecule has 0 spiro atoms. The van der Waals surface area contributed by atoms with Gasteiger partial charge in [0.05, 0.1) is 11.1 Å². The van der Waals surface area contributed by atoms with Crippen LogP contribution < -0.4 is 10.6 Å². The Bertz CT molecular complexity index is 1200. The van der Waals surface area contributed by atoms with Crippen LogP contribution in [0.4, 0.5) is 5.69 Å². The van der Waals surface area contributed by atoms with Crippen molar-refractivity contribution in [1.82, 2.24) is 15.3 Å². The molecule has 0 radical (unpaired) electrons. The molecule has 0 atom stereocenters. The number of imidazole rings is 1. The molecule has 0 aliphatic carbocycles. The molecule has 6 heteroatoms. The monoisotopic (exact) mass is 432 g/mol. The zero-order chi connectivity index (χ0) is 19.1. The van der Waals surface area contributed by atoms with Gasteiger partial charge in [0.25, 0.3) is 5.91 Å². The van der Waals surface area contributed by atoms with Crippen molar-refractivity contribution in [3.8, 4) is 11.4 Å². The van der Waals surface area contributed by atoms with Crippen molar-refractivity contribution in [3.05, 3.63) is 81.8 Å². The number of nitrogens with one attached hydrogen (secondary N) is 3. The second kappa shape index (κ2) is 6.89. The maximum Gasteiger partial charge on any atom is 0.257 e. The summed E-state index contributed by atoms with van der Waals surface area (Å²) in [6, 6.07) is 19.7. The average Bonchev–Trinajstić information content (AvgIpc) is 3.34. The molecule has 0 bridgehead atoms. The second-order valence-corrected chi connectivity index (χ2v) is 7.76. The van der Waals surface area contributed by atoms with E-state index >= 15 is 0 Å². The molecule has 1 amide bonds. The molecule has 3 aromatic carbocycles. The number of fused-ring (bicyclic) bond motifs is 2. The standard InChI is InChI=1S/C22H17BrN4O/c23-16-9-18(22(28)25-17-7-6-14-11-24-12-15(14)8-17)20-19(10-16)26-21(27-20)13-4-2-1-3-5-13/h1-10,24H,11-12H2,(H,25,28)(H,26,27). The molecule has 1 aliphatic heterocycles. The van der Waals surface area contributed by atoms with Crippen LogP contribution in [0.15, 0.2) is 65.1 Å². The zero-order valence-corrected chi connectivity index (χ0v) is 16.5. The van der Waals surface area contributed by atoms with Crippen LogP contribution in [0.2, 0.25) is 0 Å². The smallest absolute Gasteiger partial charge is 0.257 e. The number of aromatic nitrogens is 2. The Balaban J connectivity index is 1.52. The van der Waals surface area contributed by atoms with Gasteiger partial charge in [-0.25, -0.2) is 4.98 Å². The van der Waals surface area contributed by atoms with Gasteiger partial charge in [0.2, 0.25) is 0 Å². The predicted octanol–water partition coefficient (Wildman–Crippen LogP) is 4.85. The molecular weight excluding hydrogens is 416 g/mol. The number of amides is 1. The summed E-state index contributed by atoms with van der Waals surface area (Å²) in [5, 5.41) is 6.33. The van der Waals surface area contributed by atoms with Gasteiger partial charge in [0.1, 0.15) is 11.3 Å². The molecule has 5 rings (SSSR count). The molecule has 0 saturated heterocycles. The van der Waals surface area contributed by atoms with Crippen molar-refractivity contribution < 1.29 is 4.79 Å². The lowest BCUT2D eigenvalue weighted by atomic mass is 10.1. The topological polar surface area (TPSA) is 69.8 Å². The van der Waals surface area contributed by atoms with Crippen LogP contribution in [-0.4, -0.2) is 15.9 Å². The second-order valence-electron chi connectivity index (χ2n) is 6.84. The van der Waals surface area contributed by atoms with Gasteiger partial charge in [-0.2, -0.15) is 0 Å². The molecule has 0 saturated carbocycles. The SMILES string of the molecule is O=C(Nc1ccc2c(c1)CNC2)c1cc(Br)cc2[nH]c(-c3ccccc3)nc12. The molecule has 4 aromatic rings. The Morgan fingerprint density at radius 3 is 2.68 bits per heavy atom. The molecule has 0 fully saturated rings. The molecule has 1 aliphatic rings. The van der Waals surface area contributed by atoms with Gasteiger partial charge in [-0.3, -0.25) is 4.79 Å². The first-order valence-electron chi connectivity index (χ1n) is 9.06. The highest BCUT2D eigenvalue weighted by Gasteiger charge is 2.17. The van der Waals surface area contributed by atoms with E-state index in [0.717, 1.165) is 40.2 Å². The summed E-state index contributed by atoms with van der Waals surface area (Å²) >= 11 is 3.51. The van der Waals surface area contributed by atoms with Gasteiger partial charge >= 0.3 is 0 Å². The molecule has 1 aromatic heterocycles. The molecular formula is C22H17BrN4O. The van der Waals surface area contributed by atoms with Gasteiger partial charge in [-0.05, 0) is 35.4 Å². The fourth-order valence-electron chi connectivity index (χ4n) is 3.56. The molecule has 0 unspecified atom stereocenters. The molecule has 28 heavy (non-hydrogen) atoms. The lowest BCUT2D eigenvalue weighted by molar-refractivity contribution is 0.102. The number of hydrogen-bond acceptors (Lipinski definition) is 3. The van der Waals surface area contributed by atoms with Crippen LogP contribution >= 0.6 is 15.9 Å². The first-order valence-corrected chi connectivity index (χ1v) is 9.85. The largest absolute Gasteiger partial charge is 0.338 e. The van der Waals surface area contributed by atoms with E-state index < -0.39 is 0 Å². The van der Waals surface area contributed by atoms with Gasteiger partial charge < -0.3 is 15.6 Å². The van der Waals surface area contributed by atoms with E-state index in [1.165, 1.54) is 11.1 Å². The van der Waals surface area contributed by atoms with Gasteiger partial charge in [-0.1, -0.05) is 52.3 Å². The first kappa shape index (κ1) is 17.2. The van der Waals surface area contributed by atoms with Crippen LogP contribution in [0.25, 0.3) is 22.4 Å². The average molecular weight is 433 g/mol. The molecule has 138 valence electrons. The van der Waals surface area contributed by atoms with E-state index in [-0.39, 0.29) is 5.91 Å². The lowest BCUT2D eigenvalue weighted by Gasteiger charge is -2.08. The van der Waals surface area contributed by atoms with Crippen LogP contribution in [0.1, 0.15) is 21.5 Å². The Hall–Kier alpha value is -2.96. The quantitative estimate of drug-likeness (QED) is 0.433. The van der Waals surface area contributed by atoms with E-state index in [4.69, 9.17) is 4.98 Å². The Morgan fingerprint density at radius 1 is 1.00 bits per heavy atom. The minimum Gasteiger partial charge on any atom is -0.338 e.